The average molecular weight is 381 g/mol. The van der Waals surface area contributed by atoms with E-state index < -0.39 is 5.97 Å². The first kappa shape index (κ1) is 17.5. The van der Waals surface area contributed by atoms with Crippen molar-refractivity contribution < 1.29 is 23.8 Å². The van der Waals surface area contributed by atoms with Gasteiger partial charge in [-0.1, -0.05) is 23.2 Å². The van der Waals surface area contributed by atoms with Crippen LogP contribution in [-0.4, -0.2) is 24.3 Å². The summed E-state index contributed by atoms with van der Waals surface area (Å²) >= 11 is 11.8. The first-order valence-corrected chi connectivity index (χ1v) is 8.21. The minimum absolute atomic E-state index is 0.0689. The van der Waals surface area contributed by atoms with E-state index in [1.165, 1.54) is 18.4 Å². The van der Waals surface area contributed by atoms with Crippen molar-refractivity contribution in [2.45, 2.75) is 6.42 Å². The monoisotopic (exact) mass is 380 g/mol. The molecule has 0 aliphatic rings. The molecule has 130 valence electrons. The van der Waals surface area contributed by atoms with E-state index in [1.54, 1.807) is 24.3 Å². The van der Waals surface area contributed by atoms with Crippen molar-refractivity contribution in [3.05, 3.63) is 58.3 Å². The Morgan fingerprint density at radius 3 is 2.76 bits per heavy atom. The lowest BCUT2D eigenvalue weighted by atomic mass is 10.1. The van der Waals surface area contributed by atoms with Crippen molar-refractivity contribution in [2.24, 2.45) is 0 Å². The molecule has 3 rings (SSSR count). The molecule has 0 saturated heterocycles. The van der Waals surface area contributed by atoms with Gasteiger partial charge in [-0.2, -0.15) is 0 Å². The molecule has 0 bridgehead atoms. The second-order valence-electron chi connectivity index (χ2n) is 5.26. The minimum atomic E-state index is -0.401. The molecule has 25 heavy (non-hydrogen) atoms. The van der Waals surface area contributed by atoms with Crippen molar-refractivity contribution >= 4 is 40.1 Å². The summed E-state index contributed by atoms with van der Waals surface area (Å²) in [6.45, 7) is 0.265. The zero-order chi connectivity index (χ0) is 17.8. The Bertz CT molecular complexity index is 904. The van der Waals surface area contributed by atoms with Crippen molar-refractivity contribution in [3.8, 4) is 11.5 Å². The smallest absolute Gasteiger partial charge is 0.310 e. The van der Waals surface area contributed by atoms with Crippen molar-refractivity contribution in [1.82, 2.24) is 0 Å². The molecule has 0 aliphatic carbocycles. The largest absolute Gasteiger partial charge is 0.508 e. The predicted molar refractivity (Wildman–Crippen MR) is 94.5 cm³/mol. The molecule has 2 aromatic carbocycles. The minimum Gasteiger partial charge on any atom is -0.508 e. The Kier molecular flexibility index (Phi) is 5.36. The zero-order valence-corrected chi connectivity index (χ0v) is 14.5. The maximum atomic E-state index is 11.9. The Morgan fingerprint density at radius 2 is 1.96 bits per heavy atom. The van der Waals surface area contributed by atoms with Crippen molar-refractivity contribution in [1.29, 1.82) is 0 Å². The number of halogens is 2. The fraction of sp³-hybridized carbons (Fsp3) is 0.167. The number of ether oxygens (including phenoxy) is 2. The summed E-state index contributed by atoms with van der Waals surface area (Å²) in [5.41, 5.74) is 1.21. The van der Waals surface area contributed by atoms with Crippen LogP contribution in [0.4, 0.5) is 0 Å². The number of aromatic hydroxyl groups is 1. The number of rotatable bonds is 6. The van der Waals surface area contributed by atoms with Crippen LogP contribution in [0.1, 0.15) is 5.56 Å². The van der Waals surface area contributed by atoms with E-state index in [1.807, 2.05) is 0 Å². The van der Waals surface area contributed by atoms with Gasteiger partial charge < -0.3 is 19.0 Å². The van der Waals surface area contributed by atoms with Crippen LogP contribution in [0.3, 0.4) is 0 Å². The summed E-state index contributed by atoms with van der Waals surface area (Å²) < 4.78 is 15.9. The summed E-state index contributed by atoms with van der Waals surface area (Å²) in [6.07, 6.45) is 1.55. The molecule has 5 nitrogen and oxygen atoms in total. The summed E-state index contributed by atoms with van der Waals surface area (Å²) in [5.74, 6) is 0.179. The van der Waals surface area contributed by atoms with Gasteiger partial charge in [-0.15, -0.1) is 0 Å². The Labute approximate surface area is 153 Å². The normalized spacial score (nSPS) is 10.8. The molecule has 0 atom stereocenters. The highest BCUT2D eigenvalue weighted by Gasteiger charge is 2.12. The summed E-state index contributed by atoms with van der Waals surface area (Å²) in [4.78, 5) is 11.9. The second kappa shape index (κ2) is 7.68. The van der Waals surface area contributed by atoms with Gasteiger partial charge in [-0.05, 0) is 30.3 Å². The number of benzene rings is 2. The number of carbonyl (C=O) groups is 1. The number of furan rings is 1. The Balaban J connectivity index is 1.49. The van der Waals surface area contributed by atoms with Gasteiger partial charge >= 0.3 is 5.97 Å². The van der Waals surface area contributed by atoms with Crippen LogP contribution in [0.15, 0.2) is 47.1 Å². The Hall–Kier alpha value is -2.37. The standard InChI is InChI=1S/C18H14Cl2O5/c19-12-1-4-16(15(20)8-12)23-5-6-24-18(22)7-11-10-25-17-9-13(21)2-3-14(11)17/h1-4,8-10,21H,5-7H2. The number of esters is 1. The fourth-order valence-corrected chi connectivity index (χ4v) is 2.78. The van der Waals surface area contributed by atoms with Crippen LogP contribution < -0.4 is 4.74 Å². The molecule has 0 radical (unpaired) electrons. The maximum Gasteiger partial charge on any atom is 0.310 e. The number of hydrogen-bond acceptors (Lipinski definition) is 5. The molecule has 7 heteroatoms. The highest BCUT2D eigenvalue weighted by Crippen LogP contribution is 2.27. The van der Waals surface area contributed by atoms with E-state index in [0.29, 0.717) is 26.9 Å². The Morgan fingerprint density at radius 1 is 1.12 bits per heavy atom. The van der Waals surface area contributed by atoms with Crippen LogP contribution in [0.25, 0.3) is 11.0 Å². The van der Waals surface area contributed by atoms with Crippen LogP contribution >= 0.6 is 23.2 Å². The number of fused-ring (bicyclic) bond motifs is 1. The van der Waals surface area contributed by atoms with Crippen molar-refractivity contribution in [2.75, 3.05) is 13.2 Å². The van der Waals surface area contributed by atoms with Crippen LogP contribution in [0.5, 0.6) is 11.5 Å². The highest BCUT2D eigenvalue weighted by atomic mass is 35.5. The molecular formula is C18H14Cl2O5. The predicted octanol–water partition coefficient (Wildman–Crippen LogP) is 4.61. The molecule has 0 amide bonds. The first-order valence-electron chi connectivity index (χ1n) is 7.45. The maximum absolute atomic E-state index is 11.9. The first-order chi connectivity index (χ1) is 12.0. The van der Waals surface area contributed by atoms with E-state index in [4.69, 9.17) is 37.1 Å². The summed E-state index contributed by atoms with van der Waals surface area (Å²) in [6, 6.07) is 9.62. The van der Waals surface area contributed by atoms with Gasteiger partial charge in [0.05, 0.1) is 17.7 Å². The average Bonchev–Trinajstić information content (AvgIpc) is 2.95. The molecule has 0 spiro atoms. The summed E-state index contributed by atoms with van der Waals surface area (Å²) in [7, 11) is 0. The third-order valence-electron chi connectivity index (χ3n) is 3.47. The number of phenolic OH excluding ortho intramolecular Hbond substituents is 1. The third kappa shape index (κ3) is 4.38. The quantitative estimate of drug-likeness (QED) is 0.499. The van der Waals surface area contributed by atoms with Crippen molar-refractivity contribution in [3.63, 3.8) is 0 Å². The number of hydrogen-bond donors (Lipinski definition) is 1. The lowest BCUT2D eigenvalue weighted by Gasteiger charge is -2.08. The summed E-state index contributed by atoms with van der Waals surface area (Å²) in [5, 5.41) is 11.1. The van der Waals surface area contributed by atoms with Crippen LogP contribution in [-0.2, 0) is 16.0 Å². The molecule has 1 heterocycles. The molecule has 0 unspecified atom stereocenters. The van der Waals surface area contributed by atoms with E-state index in [-0.39, 0.29) is 25.4 Å². The van der Waals surface area contributed by atoms with Gasteiger partial charge in [0.25, 0.3) is 0 Å². The molecule has 1 aromatic heterocycles. The van der Waals surface area contributed by atoms with Gasteiger partial charge in [-0.3, -0.25) is 4.79 Å². The lowest BCUT2D eigenvalue weighted by molar-refractivity contribution is -0.143. The highest BCUT2D eigenvalue weighted by molar-refractivity contribution is 6.35. The van der Waals surface area contributed by atoms with E-state index in [2.05, 4.69) is 0 Å². The lowest BCUT2D eigenvalue weighted by Crippen LogP contribution is -2.14. The molecular weight excluding hydrogens is 367 g/mol. The number of carbonyl (C=O) groups excluding carboxylic acids is 1. The van der Waals surface area contributed by atoms with Gasteiger partial charge in [0.15, 0.2) is 0 Å². The fourth-order valence-electron chi connectivity index (χ4n) is 2.31. The molecule has 1 N–H and O–H groups in total. The van der Waals surface area contributed by atoms with Gasteiger partial charge in [0, 0.05) is 22.0 Å². The third-order valence-corrected chi connectivity index (χ3v) is 4.00. The number of phenols is 1. The molecule has 0 saturated carbocycles. The SMILES string of the molecule is O=C(Cc1coc2cc(O)ccc12)OCCOc1ccc(Cl)cc1Cl. The van der Waals surface area contributed by atoms with Crippen LogP contribution in [0.2, 0.25) is 10.0 Å². The second-order valence-corrected chi connectivity index (χ2v) is 6.11. The molecule has 3 aromatic rings. The van der Waals surface area contributed by atoms with Gasteiger partial charge in [0.1, 0.15) is 30.3 Å². The molecule has 0 fully saturated rings. The van der Waals surface area contributed by atoms with Crippen LogP contribution in [0, 0.1) is 0 Å². The van der Waals surface area contributed by atoms with E-state index in [9.17, 15) is 9.90 Å². The van der Waals surface area contributed by atoms with E-state index in [0.717, 1.165) is 5.39 Å². The van der Waals surface area contributed by atoms with E-state index >= 15 is 0 Å². The van der Waals surface area contributed by atoms with Gasteiger partial charge in [-0.25, -0.2) is 0 Å². The van der Waals surface area contributed by atoms with Gasteiger partial charge in [0.2, 0.25) is 0 Å². The topological polar surface area (TPSA) is 68.9 Å². The zero-order valence-electron chi connectivity index (χ0n) is 13.0. The molecule has 0 aliphatic heterocycles.